The van der Waals surface area contributed by atoms with E-state index in [-0.39, 0.29) is 6.61 Å². The fourth-order valence-electron chi connectivity index (χ4n) is 0.534. The van der Waals surface area contributed by atoms with Crippen LogP contribution in [0, 0.1) is 0 Å². The number of allylic oxidation sites excluding steroid dienone is 3. The molecular weight excluding hydrogens is 184 g/mol. The molecule has 0 unspecified atom stereocenters. The predicted molar refractivity (Wildman–Crippen MR) is 74.2 cm³/mol. The number of aliphatic hydroxyl groups excluding tert-OH is 1. The monoisotopic (exact) mass is 214 g/mol. The van der Waals surface area contributed by atoms with Gasteiger partial charge in [-0.25, -0.2) is 0 Å². The maximum Gasteiger partial charge on any atom is 0.0471 e. The summed E-state index contributed by atoms with van der Waals surface area (Å²) in [7, 11) is 0. The number of aliphatic hydroxyl groups is 1. The van der Waals surface area contributed by atoms with Crippen molar-refractivity contribution in [1.29, 1.82) is 0 Å². The van der Waals surface area contributed by atoms with Crippen molar-refractivity contribution < 1.29 is 5.11 Å². The van der Waals surface area contributed by atoms with E-state index >= 15 is 0 Å². The lowest BCUT2D eigenvalue weighted by molar-refractivity contribution is 0.300. The number of hydrogen-bond donors (Lipinski definition) is 1. The Morgan fingerprint density at radius 3 is 1.60 bits per heavy atom. The molecule has 0 fully saturated rings. The second-order valence-corrected chi connectivity index (χ2v) is 1.66. The molecule has 0 aromatic rings. The van der Waals surface area contributed by atoms with Crippen LogP contribution < -0.4 is 0 Å². The molecular formula is C14H30O. The number of hydrogen-bond acceptors (Lipinski definition) is 1. The quantitative estimate of drug-likeness (QED) is 0.670. The summed E-state index contributed by atoms with van der Waals surface area (Å²) in [4.78, 5) is 0. The topological polar surface area (TPSA) is 20.2 Å². The maximum absolute atomic E-state index is 8.47. The van der Waals surface area contributed by atoms with Crippen molar-refractivity contribution in [2.75, 3.05) is 6.61 Å². The molecule has 0 saturated carbocycles. The van der Waals surface area contributed by atoms with E-state index in [9.17, 15) is 0 Å². The highest BCUT2D eigenvalue weighted by Gasteiger charge is 1.85. The molecule has 0 heterocycles. The van der Waals surface area contributed by atoms with E-state index in [4.69, 9.17) is 5.11 Å². The van der Waals surface area contributed by atoms with Crippen molar-refractivity contribution in [2.24, 2.45) is 0 Å². The molecule has 0 aliphatic rings. The summed E-state index contributed by atoms with van der Waals surface area (Å²) < 4.78 is 0. The third-order valence-electron chi connectivity index (χ3n) is 0.995. The molecule has 0 rings (SSSR count). The Morgan fingerprint density at radius 2 is 1.40 bits per heavy atom. The Labute approximate surface area is 97.2 Å². The molecule has 92 valence electrons. The third-order valence-corrected chi connectivity index (χ3v) is 0.995. The Hall–Kier alpha value is -0.820. The van der Waals surface area contributed by atoms with Gasteiger partial charge in [-0.15, -0.1) is 0 Å². The lowest BCUT2D eigenvalue weighted by Gasteiger charge is -1.93. The highest BCUT2D eigenvalue weighted by atomic mass is 16.2. The average molecular weight is 214 g/mol. The Balaban J connectivity index is -0.0000000860. The largest absolute Gasteiger partial charge is 0.396 e. The van der Waals surface area contributed by atoms with Gasteiger partial charge in [0.1, 0.15) is 0 Å². The minimum Gasteiger partial charge on any atom is -0.396 e. The van der Waals surface area contributed by atoms with Crippen molar-refractivity contribution in [2.45, 2.75) is 48.0 Å². The SMILES string of the molecule is C=C/C=C(\C=C)CCO.CC.CC.CC. The molecule has 0 spiro atoms. The molecule has 0 aliphatic heterocycles. The van der Waals surface area contributed by atoms with Crippen LogP contribution in [0.1, 0.15) is 48.0 Å². The predicted octanol–water partition coefficient (Wildman–Crippen LogP) is 4.75. The highest BCUT2D eigenvalue weighted by molar-refractivity contribution is 5.20. The van der Waals surface area contributed by atoms with E-state index in [0.29, 0.717) is 6.42 Å². The van der Waals surface area contributed by atoms with Gasteiger partial charge in [0, 0.05) is 6.61 Å². The fraction of sp³-hybridized carbons (Fsp3) is 0.571. The van der Waals surface area contributed by atoms with Gasteiger partial charge in [0.25, 0.3) is 0 Å². The Bertz CT molecular complexity index is 123. The van der Waals surface area contributed by atoms with E-state index in [0.717, 1.165) is 5.57 Å². The van der Waals surface area contributed by atoms with Crippen LogP contribution in [0.4, 0.5) is 0 Å². The average Bonchev–Trinajstić information content (AvgIpc) is 2.36. The van der Waals surface area contributed by atoms with Gasteiger partial charge in [-0.05, 0) is 12.0 Å². The first-order valence-corrected chi connectivity index (χ1v) is 5.90. The smallest absolute Gasteiger partial charge is 0.0471 e. The molecule has 0 aromatic heterocycles. The van der Waals surface area contributed by atoms with Crippen molar-refractivity contribution in [3.63, 3.8) is 0 Å². The van der Waals surface area contributed by atoms with Gasteiger partial charge in [0.2, 0.25) is 0 Å². The Kier molecular flexibility index (Phi) is 60.1. The van der Waals surface area contributed by atoms with Gasteiger partial charge in [0.15, 0.2) is 0 Å². The maximum atomic E-state index is 8.47. The lowest BCUT2D eigenvalue weighted by atomic mass is 10.2. The van der Waals surface area contributed by atoms with E-state index in [1.165, 1.54) is 0 Å². The van der Waals surface area contributed by atoms with Crippen molar-refractivity contribution in [3.05, 3.63) is 37.0 Å². The highest BCUT2D eigenvalue weighted by Crippen LogP contribution is 2.00. The van der Waals surface area contributed by atoms with E-state index in [1.54, 1.807) is 12.2 Å². The molecule has 0 aromatic carbocycles. The van der Waals surface area contributed by atoms with Crippen LogP contribution in [0.15, 0.2) is 37.0 Å². The van der Waals surface area contributed by atoms with Crippen LogP contribution in [0.25, 0.3) is 0 Å². The second kappa shape index (κ2) is 37.9. The molecule has 0 aliphatic carbocycles. The third kappa shape index (κ3) is 32.0. The minimum absolute atomic E-state index is 0.172. The molecule has 0 radical (unpaired) electrons. The Morgan fingerprint density at radius 1 is 1.00 bits per heavy atom. The minimum atomic E-state index is 0.172. The lowest BCUT2D eigenvalue weighted by Crippen LogP contribution is -1.83. The molecule has 0 saturated heterocycles. The first-order valence-electron chi connectivity index (χ1n) is 5.90. The summed E-state index contributed by atoms with van der Waals surface area (Å²) in [6, 6.07) is 0. The standard InChI is InChI=1S/C8H12O.3C2H6/c1-3-5-8(4-2)6-7-9;3*1-2/h3-5,9H,1-2,6-7H2;3*1-2H3/b8-5+;;;. The van der Waals surface area contributed by atoms with Crippen molar-refractivity contribution in [1.82, 2.24) is 0 Å². The summed E-state index contributed by atoms with van der Waals surface area (Å²) in [6.07, 6.45) is 5.91. The fourth-order valence-corrected chi connectivity index (χ4v) is 0.534. The molecule has 0 bridgehead atoms. The van der Waals surface area contributed by atoms with E-state index in [2.05, 4.69) is 13.2 Å². The molecule has 15 heavy (non-hydrogen) atoms. The zero-order valence-corrected chi connectivity index (χ0v) is 11.5. The summed E-state index contributed by atoms with van der Waals surface area (Å²) in [6.45, 7) is 19.3. The van der Waals surface area contributed by atoms with Gasteiger partial charge in [0.05, 0.1) is 0 Å². The van der Waals surface area contributed by atoms with E-state index in [1.807, 2.05) is 47.6 Å². The van der Waals surface area contributed by atoms with Gasteiger partial charge < -0.3 is 5.11 Å². The van der Waals surface area contributed by atoms with Gasteiger partial charge in [-0.3, -0.25) is 0 Å². The van der Waals surface area contributed by atoms with Crippen molar-refractivity contribution in [3.8, 4) is 0 Å². The van der Waals surface area contributed by atoms with Crippen LogP contribution in [0.2, 0.25) is 0 Å². The zero-order chi connectivity index (χ0) is 13.1. The summed E-state index contributed by atoms with van der Waals surface area (Å²) in [5.41, 5.74) is 1.02. The summed E-state index contributed by atoms with van der Waals surface area (Å²) in [5, 5.41) is 8.47. The first kappa shape index (κ1) is 23.8. The van der Waals surface area contributed by atoms with Crippen LogP contribution in [0.3, 0.4) is 0 Å². The zero-order valence-electron chi connectivity index (χ0n) is 11.5. The van der Waals surface area contributed by atoms with Gasteiger partial charge in [-0.2, -0.15) is 0 Å². The van der Waals surface area contributed by atoms with Gasteiger partial charge in [-0.1, -0.05) is 72.9 Å². The van der Waals surface area contributed by atoms with Crippen LogP contribution >= 0.6 is 0 Å². The van der Waals surface area contributed by atoms with Crippen LogP contribution in [-0.4, -0.2) is 11.7 Å². The molecule has 1 nitrogen and oxygen atoms in total. The molecule has 1 N–H and O–H groups in total. The van der Waals surface area contributed by atoms with Crippen molar-refractivity contribution >= 4 is 0 Å². The molecule has 0 amide bonds. The second-order valence-electron chi connectivity index (χ2n) is 1.66. The van der Waals surface area contributed by atoms with Gasteiger partial charge >= 0.3 is 0 Å². The first-order chi connectivity index (χ1) is 7.35. The summed E-state index contributed by atoms with van der Waals surface area (Å²) >= 11 is 0. The molecule has 0 atom stereocenters. The van der Waals surface area contributed by atoms with Crippen LogP contribution in [-0.2, 0) is 0 Å². The van der Waals surface area contributed by atoms with Crippen LogP contribution in [0.5, 0.6) is 0 Å². The molecule has 1 heteroatoms. The van der Waals surface area contributed by atoms with E-state index < -0.39 is 0 Å². The number of rotatable bonds is 4. The summed E-state index contributed by atoms with van der Waals surface area (Å²) in [5.74, 6) is 0. The normalized spacial score (nSPS) is 7.80.